The molecule has 0 radical (unpaired) electrons. The number of sulfonamides is 1. The molecule has 10 heteroatoms. The molecule has 4 aliphatic rings. The Morgan fingerprint density at radius 2 is 2.04 bits per heavy atom. The van der Waals surface area contributed by atoms with Gasteiger partial charge in [0.15, 0.2) is 0 Å². The molecule has 6 atom stereocenters. The summed E-state index contributed by atoms with van der Waals surface area (Å²) in [6.07, 6.45) is 15.0. The van der Waals surface area contributed by atoms with E-state index in [1.807, 2.05) is 12.1 Å². The highest BCUT2D eigenvalue weighted by atomic mass is 35.5. The van der Waals surface area contributed by atoms with Gasteiger partial charge in [0.05, 0.1) is 29.8 Å². The number of aryl methyl sites for hydroxylation is 1. The number of allylic oxidation sites excluding steroid dienone is 2. The van der Waals surface area contributed by atoms with Crippen LogP contribution < -0.4 is 14.4 Å². The van der Waals surface area contributed by atoms with Crippen molar-refractivity contribution in [3.05, 3.63) is 82.9 Å². The Kier molecular flexibility index (Phi) is 12.0. The van der Waals surface area contributed by atoms with E-state index in [9.17, 15) is 18.3 Å². The second kappa shape index (κ2) is 16.2. The molecule has 0 bridgehead atoms. The van der Waals surface area contributed by atoms with E-state index in [0.717, 1.165) is 68.5 Å². The van der Waals surface area contributed by atoms with E-state index in [-0.39, 0.29) is 28.9 Å². The largest absolute Gasteiger partial charge is 0.490 e. The first-order valence-electron chi connectivity index (χ1n) is 18.6. The third kappa shape index (κ3) is 8.27. The Bertz CT molecular complexity index is 1660. The highest BCUT2D eigenvalue weighted by molar-refractivity contribution is 7.90. The molecular weight excluding hydrogens is 672 g/mol. The number of nitrogens with one attached hydrogen (secondary N) is 1. The van der Waals surface area contributed by atoms with Crippen LogP contribution in [0, 0.1) is 11.8 Å². The SMILES string of the molecule is C=CCC[C@H](C[C@H]1CCCO1)S(=O)(=O)NC(=O)c1ccc2c(c1)N(C[C@@H]1CC[C@H]1[C@@H](O)/C=C/CCC)C[C@@]1(CCCc3cc(Cl)ccc31)CO2. The zero-order chi connectivity index (χ0) is 35.3. The number of fused-ring (bicyclic) bond motifs is 3. The Morgan fingerprint density at radius 1 is 1.18 bits per heavy atom. The van der Waals surface area contributed by atoms with Crippen LogP contribution >= 0.6 is 11.6 Å². The Balaban J connectivity index is 1.29. The van der Waals surface area contributed by atoms with Crippen molar-refractivity contribution >= 4 is 33.2 Å². The molecule has 0 unspecified atom stereocenters. The first-order chi connectivity index (χ1) is 24.1. The molecule has 1 amide bonds. The van der Waals surface area contributed by atoms with Crippen LogP contribution in [0.4, 0.5) is 5.69 Å². The predicted octanol–water partition coefficient (Wildman–Crippen LogP) is 7.52. The van der Waals surface area contributed by atoms with Crippen LogP contribution in [-0.2, 0) is 26.6 Å². The maximum absolute atomic E-state index is 13.7. The molecular formula is C40H53ClN2O6S. The van der Waals surface area contributed by atoms with Gasteiger partial charge >= 0.3 is 0 Å². The summed E-state index contributed by atoms with van der Waals surface area (Å²) in [4.78, 5) is 16.1. The predicted molar refractivity (Wildman–Crippen MR) is 200 cm³/mol. The molecule has 2 N–H and O–H groups in total. The number of aliphatic hydroxyl groups is 1. The smallest absolute Gasteiger partial charge is 0.264 e. The molecule has 2 aliphatic heterocycles. The zero-order valence-corrected chi connectivity index (χ0v) is 30.9. The van der Waals surface area contributed by atoms with Gasteiger partial charge in [-0.05, 0) is 124 Å². The number of carbonyl (C=O) groups excluding carboxylic acids is 1. The summed E-state index contributed by atoms with van der Waals surface area (Å²) in [7, 11) is -3.99. The average molecular weight is 725 g/mol. The Labute approximate surface area is 303 Å². The van der Waals surface area contributed by atoms with Crippen LogP contribution in [0.3, 0.4) is 0 Å². The summed E-state index contributed by atoms with van der Waals surface area (Å²) in [5.41, 5.74) is 3.25. The van der Waals surface area contributed by atoms with Crippen molar-refractivity contribution in [1.29, 1.82) is 0 Å². The Morgan fingerprint density at radius 3 is 2.78 bits per heavy atom. The van der Waals surface area contributed by atoms with Gasteiger partial charge in [0.1, 0.15) is 5.75 Å². The number of amides is 1. The number of carbonyl (C=O) groups is 1. The molecule has 1 spiro atoms. The second-order valence-corrected chi connectivity index (χ2v) is 17.2. The van der Waals surface area contributed by atoms with E-state index in [4.69, 9.17) is 21.1 Å². The molecule has 1 saturated carbocycles. The molecule has 2 heterocycles. The van der Waals surface area contributed by atoms with Crippen molar-refractivity contribution in [2.45, 2.75) is 107 Å². The molecule has 1 saturated heterocycles. The van der Waals surface area contributed by atoms with E-state index < -0.39 is 27.3 Å². The highest BCUT2D eigenvalue weighted by Gasteiger charge is 2.44. The van der Waals surface area contributed by atoms with Crippen LogP contribution in [0.1, 0.15) is 99.0 Å². The van der Waals surface area contributed by atoms with Crippen molar-refractivity contribution in [2.75, 3.05) is 31.2 Å². The van der Waals surface area contributed by atoms with E-state index in [1.165, 1.54) is 11.1 Å². The number of nitrogens with zero attached hydrogens (tertiary/aromatic N) is 1. The van der Waals surface area contributed by atoms with E-state index in [2.05, 4.69) is 41.3 Å². The normalized spacial score (nSPS) is 26.0. The number of unbranched alkanes of at least 4 members (excludes halogenated alkanes) is 1. The fraction of sp³-hybridized carbons (Fsp3) is 0.575. The van der Waals surface area contributed by atoms with Gasteiger partial charge in [0.25, 0.3) is 5.91 Å². The van der Waals surface area contributed by atoms with Crippen LogP contribution in [-0.4, -0.2) is 63.2 Å². The summed E-state index contributed by atoms with van der Waals surface area (Å²) in [5, 5.41) is 11.1. The van der Waals surface area contributed by atoms with Gasteiger partial charge in [-0.25, -0.2) is 13.1 Å². The monoisotopic (exact) mass is 724 g/mol. The average Bonchev–Trinajstić information content (AvgIpc) is 3.55. The van der Waals surface area contributed by atoms with Crippen molar-refractivity contribution in [3.8, 4) is 5.75 Å². The second-order valence-electron chi connectivity index (χ2n) is 14.8. The molecule has 272 valence electrons. The third-order valence-electron chi connectivity index (χ3n) is 11.4. The first kappa shape index (κ1) is 36.9. The minimum absolute atomic E-state index is 0.126. The molecule has 50 heavy (non-hydrogen) atoms. The minimum Gasteiger partial charge on any atom is -0.490 e. The number of aliphatic hydroxyl groups excluding tert-OH is 1. The van der Waals surface area contributed by atoms with E-state index >= 15 is 0 Å². The lowest BCUT2D eigenvalue weighted by Crippen LogP contribution is -2.49. The lowest BCUT2D eigenvalue weighted by atomic mass is 9.68. The standard InChI is InChI=1S/C40H53ClN2O6S/c1-3-5-7-13-37(44)34-17-14-30(34)25-43-26-40(20-8-10-28-22-31(41)16-18-35(28)40)27-49-38-19-15-29(23-36(38)43)39(45)42-50(46,47)33(12-6-4-2)24-32-11-9-21-48-32/h4,7,13,15-16,18-19,22-23,30,32-34,37,44H,2-3,5-6,8-12,14,17,20-21,24-27H2,1H3,(H,42,45)/b13-7+/t30-,32+,33+,34+,37-,40-/m0/s1. The van der Waals surface area contributed by atoms with Gasteiger partial charge in [0, 0.05) is 35.7 Å². The summed E-state index contributed by atoms with van der Waals surface area (Å²) in [5.74, 6) is 0.424. The summed E-state index contributed by atoms with van der Waals surface area (Å²) >= 11 is 6.44. The lowest BCUT2D eigenvalue weighted by Gasteiger charge is -2.45. The van der Waals surface area contributed by atoms with E-state index in [1.54, 1.807) is 24.3 Å². The van der Waals surface area contributed by atoms with Crippen molar-refractivity contribution in [1.82, 2.24) is 4.72 Å². The first-order valence-corrected chi connectivity index (χ1v) is 20.5. The molecule has 6 rings (SSSR count). The van der Waals surface area contributed by atoms with Crippen LogP contribution in [0.25, 0.3) is 0 Å². The van der Waals surface area contributed by atoms with Crippen LogP contribution in [0.15, 0.2) is 61.2 Å². The lowest BCUT2D eigenvalue weighted by molar-refractivity contribution is 0.0456. The molecule has 8 nitrogen and oxygen atoms in total. The quantitative estimate of drug-likeness (QED) is 0.194. The molecule has 2 fully saturated rings. The number of anilines is 1. The molecule has 0 aromatic heterocycles. The van der Waals surface area contributed by atoms with E-state index in [0.29, 0.717) is 51.3 Å². The fourth-order valence-corrected chi connectivity index (χ4v) is 10.1. The van der Waals surface area contributed by atoms with Gasteiger partial charge < -0.3 is 19.5 Å². The fourth-order valence-electron chi connectivity index (χ4n) is 8.45. The summed E-state index contributed by atoms with van der Waals surface area (Å²) in [6, 6.07) is 11.4. The van der Waals surface area contributed by atoms with Gasteiger partial charge in [-0.3, -0.25) is 4.79 Å². The third-order valence-corrected chi connectivity index (χ3v) is 13.4. The van der Waals surface area contributed by atoms with Gasteiger partial charge in [-0.1, -0.05) is 49.2 Å². The topological polar surface area (TPSA) is 105 Å². The molecule has 2 aliphatic carbocycles. The zero-order valence-electron chi connectivity index (χ0n) is 29.3. The van der Waals surface area contributed by atoms with Gasteiger partial charge in [0.2, 0.25) is 10.0 Å². The van der Waals surface area contributed by atoms with Gasteiger partial charge in [-0.15, -0.1) is 6.58 Å². The van der Waals surface area contributed by atoms with Crippen molar-refractivity contribution < 1.29 is 27.8 Å². The van der Waals surface area contributed by atoms with Gasteiger partial charge in [-0.2, -0.15) is 0 Å². The summed E-state index contributed by atoms with van der Waals surface area (Å²) < 4.78 is 42.1. The maximum Gasteiger partial charge on any atom is 0.264 e. The van der Waals surface area contributed by atoms with Crippen LogP contribution in [0.5, 0.6) is 5.75 Å². The number of benzene rings is 2. The number of hydrogen-bond acceptors (Lipinski definition) is 7. The minimum atomic E-state index is -3.99. The number of hydrogen-bond donors (Lipinski definition) is 2. The van der Waals surface area contributed by atoms with Crippen LogP contribution in [0.2, 0.25) is 5.02 Å². The maximum atomic E-state index is 13.7. The number of rotatable bonds is 14. The van der Waals surface area contributed by atoms with Crippen molar-refractivity contribution in [2.24, 2.45) is 11.8 Å². The summed E-state index contributed by atoms with van der Waals surface area (Å²) in [6.45, 7) is 8.38. The number of ether oxygens (including phenoxy) is 2. The molecule has 2 aromatic carbocycles. The number of halogens is 1. The molecule has 2 aromatic rings. The van der Waals surface area contributed by atoms with Crippen molar-refractivity contribution in [3.63, 3.8) is 0 Å². The highest BCUT2D eigenvalue weighted by Crippen LogP contribution is 2.46. The Hall–Kier alpha value is -2.85.